The Balaban J connectivity index is 1.76. The summed E-state index contributed by atoms with van der Waals surface area (Å²) in [4.78, 5) is 11.9. The molecule has 0 aliphatic heterocycles. The minimum Gasteiger partial charge on any atom is -0.309 e. The largest absolute Gasteiger partial charge is 0.309 e. The molecule has 0 unspecified atom stereocenters. The molecule has 0 bridgehead atoms. The zero-order valence-corrected chi connectivity index (χ0v) is 12.0. The summed E-state index contributed by atoms with van der Waals surface area (Å²) in [5.74, 6) is 1.99. The number of aryl methyl sites for hydroxylation is 1. The molecule has 0 radical (unpaired) electrons. The summed E-state index contributed by atoms with van der Waals surface area (Å²) in [6, 6.07) is 9.43. The van der Waals surface area contributed by atoms with Crippen LogP contribution in [0.25, 0.3) is 0 Å². The Labute approximate surface area is 117 Å². The molecule has 0 aliphatic rings. The molecule has 2 rings (SSSR count). The van der Waals surface area contributed by atoms with Crippen molar-refractivity contribution in [3.63, 3.8) is 0 Å². The predicted molar refractivity (Wildman–Crippen MR) is 76.5 cm³/mol. The Hall–Kier alpha value is -1.62. The molecule has 100 valence electrons. The smallest absolute Gasteiger partial charge is 0.190 e. The van der Waals surface area contributed by atoms with E-state index in [1.54, 1.807) is 11.8 Å². The molecule has 0 saturated carbocycles. The quantitative estimate of drug-likeness (QED) is 0.462. The van der Waals surface area contributed by atoms with Crippen molar-refractivity contribution in [1.29, 1.82) is 0 Å². The lowest BCUT2D eigenvalue weighted by molar-refractivity contribution is 0.0982. The number of thioether (sulfide) groups is 1. The molecule has 0 N–H and O–H groups in total. The fraction of sp³-hybridized carbons (Fsp3) is 0.357. The second kappa shape index (κ2) is 6.52. The molecule has 0 atom stereocenters. The van der Waals surface area contributed by atoms with Gasteiger partial charge in [-0.25, -0.2) is 0 Å². The van der Waals surface area contributed by atoms with E-state index in [0.29, 0.717) is 6.42 Å². The van der Waals surface area contributed by atoms with Crippen molar-refractivity contribution in [3.8, 4) is 0 Å². The number of rotatable bonds is 6. The minimum absolute atomic E-state index is 0.204. The van der Waals surface area contributed by atoms with Gasteiger partial charge in [-0.2, -0.15) is 0 Å². The van der Waals surface area contributed by atoms with E-state index in [4.69, 9.17) is 0 Å². The van der Waals surface area contributed by atoms with Crippen molar-refractivity contribution < 1.29 is 4.79 Å². The van der Waals surface area contributed by atoms with Crippen LogP contribution in [-0.2, 0) is 7.05 Å². The van der Waals surface area contributed by atoms with Gasteiger partial charge in [-0.15, -0.1) is 10.2 Å². The molecule has 2 aromatic rings. The highest BCUT2D eigenvalue weighted by molar-refractivity contribution is 7.99. The van der Waals surface area contributed by atoms with E-state index in [9.17, 15) is 4.79 Å². The number of benzene rings is 1. The van der Waals surface area contributed by atoms with Crippen LogP contribution in [0.1, 0.15) is 29.0 Å². The summed E-state index contributed by atoms with van der Waals surface area (Å²) in [5.41, 5.74) is 0.794. The Kier molecular flexibility index (Phi) is 4.74. The molecule has 0 amide bonds. The number of nitrogens with zero attached hydrogens (tertiary/aromatic N) is 3. The molecule has 1 heterocycles. The van der Waals surface area contributed by atoms with Crippen molar-refractivity contribution in [2.24, 2.45) is 7.05 Å². The highest BCUT2D eigenvalue weighted by Crippen LogP contribution is 2.17. The Morgan fingerprint density at radius 3 is 2.63 bits per heavy atom. The monoisotopic (exact) mass is 275 g/mol. The number of hydrogen-bond donors (Lipinski definition) is 0. The predicted octanol–water partition coefficient (Wildman–Crippen LogP) is 2.88. The van der Waals surface area contributed by atoms with Gasteiger partial charge in [0.05, 0.1) is 0 Å². The first-order valence-electron chi connectivity index (χ1n) is 6.25. The van der Waals surface area contributed by atoms with Crippen LogP contribution in [0.4, 0.5) is 0 Å². The number of Topliss-reactive ketones (excluding diaryl/α,β-unsaturated/α-hetero) is 1. The average Bonchev–Trinajstić information content (AvgIpc) is 2.76. The van der Waals surface area contributed by atoms with Crippen LogP contribution in [-0.4, -0.2) is 26.3 Å². The first-order valence-corrected chi connectivity index (χ1v) is 7.24. The number of ketones is 1. The van der Waals surface area contributed by atoms with Gasteiger partial charge >= 0.3 is 0 Å². The molecule has 1 aromatic carbocycles. The maximum atomic E-state index is 11.9. The van der Waals surface area contributed by atoms with Crippen molar-refractivity contribution in [2.75, 3.05) is 5.75 Å². The number of carbonyl (C=O) groups excluding carboxylic acids is 1. The van der Waals surface area contributed by atoms with Crippen LogP contribution >= 0.6 is 11.8 Å². The van der Waals surface area contributed by atoms with Gasteiger partial charge in [0.2, 0.25) is 0 Å². The Morgan fingerprint density at radius 1 is 1.26 bits per heavy atom. The van der Waals surface area contributed by atoms with Crippen LogP contribution in [0.2, 0.25) is 0 Å². The lowest BCUT2D eigenvalue weighted by atomic mass is 10.1. The van der Waals surface area contributed by atoms with Crippen LogP contribution in [0, 0.1) is 6.92 Å². The van der Waals surface area contributed by atoms with Crippen molar-refractivity contribution >= 4 is 17.5 Å². The van der Waals surface area contributed by atoms with Crippen LogP contribution in [0.15, 0.2) is 35.5 Å². The van der Waals surface area contributed by atoms with Gasteiger partial charge in [0.1, 0.15) is 5.82 Å². The zero-order chi connectivity index (χ0) is 13.7. The molecule has 0 saturated heterocycles. The summed E-state index contributed by atoms with van der Waals surface area (Å²) in [7, 11) is 1.95. The zero-order valence-electron chi connectivity index (χ0n) is 11.2. The van der Waals surface area contributed by atoms with E-state index in [-0.39, 0.29) is 5.78 Å². The number of hydrogen-bond acceptors (Lipinski definition) is 4. The summed E-state index contributed by atoms with van der Waals surface area (Å²) in [5, 5.41) is 8.99. The lowest BCUT2D eigenvalue weighted by Crippen LogP contribution is -2.00. The van der Waals surface area contributed by atoms with Crippen LogP contribution < -0.4 is 0 Å². The van der Waals surface area contributed by atoms with E-state index in [2.05, 4.69) is 10.2 Å². The average molecular weight is 275 g/mol. The standard InChI is InChI=1S/C14H17N3OS/c1-11-15-16-14(17(11)2)19-10-6-9-13(18)12-7-4-3-5-8-12/h3-5,7-8H,6,9-10H2,1-2H3. The van der Waals surface area contributed by atoms with Gasteiger partial charge in [0.25, 0.3) is 0 Å². The van der Waals surface area contributed by atoms with Crippen molar-refractivity contribution in [2.45, 2.75) is 24.9 Å². The molecule has 0 spiro atoms. The van der Waals surface area contributed by atoms with E-state index in [1.165, 1.54) is 0 Å². The maximum absolute atomic E-state index is 11.9. The molecular formula is C14H17N3OS. The molecular weight excluding hydrogens is 258 g/mol. The van der Waals surface area contributed by atoms with E-state index in [0.717, 1.165) is 28.7 Å². The summed E-state index contributed by atoms with van der Waals surface area (Å²) >= 11 is 1.64. The number of carbonyl (C=O) groups is 1. The lowest BCUT2D eigenvalue weighted by Gasteiger charge is -2.02. The van der Waals surface area contributed by atoms with Gasteiger partial charge < -0.3 is 4.57 Å². The SMILES string of the molecule is Cc1nnc(SCCCC(=O)c2ccccc2)n1C. The van der Waals surface area contributed by atoms with E-state index in [1.807, 2.05) is 48.9 Å². The second-order valence-electron chi connectivity index (χ2n) is 4.33. The highest BCUT2D eigenvalue weighted by atomic mass is 32.2. The Bertz CT molecular complexity index is 551. The Morgan fingerprint density at radius 2 is 2.00 bits per heavy atom. The molecule has 1 aromatic heterocycles. The van der Waals surface area contributed by atoms with Gasteiger partial charge in [-0.05, 0) is 13.3 Å². The molecule has 0 fully saturated rings. The van der Waals surface area contributed by atoms with Gasteiger partial charge in [-0.3, -0.25) is 4.79 Å². The fourth-order valence-corrected chi connectivity index (χ4v) is 2.57. The van der Waals surface area contributed by atoms with E-state index < -0.39 is 0 Å². The summed E-state index contributed by atoms with van der Waals surface area (Å²) in [6.45, 7) is 1.93. The van der Waals surface area contributed by atoms with Gasteiger partial charge in [0, 0.05) is 24.8 Å². The maximum Gasteiger partial charge on any atom is 0.190 e. The third-order valence-corrected chi connectivity index (χ3v) is 4.03. The fourth-order valence-electron chi connectivity index (χ4n) is 1.68. The van der Waals surface area contributed by atoms with Gasteiger partial charge in [0.15, 0.2) is 10.9 Å². The van der Waals surface area contributed by atoms with Crippen molar-refractivity contribution in [3.05, 3.63) is 41.7 Å². The topological polar surface area (TPSA) is 47.8 Å². The molecule has 0 aliphatic carbocycles. The van der Waals surface area contributed by atoms with Crippen LogP contribution in [0.3, 0.4) is 0 Å². The molecule has 19 heavy (non-hydrogen) atoms. The van der Waals surface area contributed by atoms with Crippen molar-refractivity contribution in [1.82, 2.24) is 14.8 Å². The second-order valence-corrected chi connectivity index (χ2v) is 5.39. The van der Waals surface area contributed by atoms with Crippen LogP contribution in [0.5, 0.6) is 0 Å². The number of aromatic nitrogens is 3. The summed E-state index contributed by atoms with van der Waals surface area (Å²) < 4.78 is 1.96. The van der Waals surface area contributed by atoms with Gasteiger partial charge in [-0.1, -0.05) is 42.1 Å². The third-order valence-electron chi connectivity index (χ3n) is 2.93. The molecule has 4 nitrogen and oxygen atoms in total. The highest BCUT2D eigenvalue weighted by Gasteiger charge is 2.07. The summed E-state index contributed by atoms with van der Waals surface area (Å²) in [6.07, 6.45) is 1.43. The molecule has 5 heteroatoms. The normalized spacial score (nSPS) is 10.6. The third kappa shape index (κ3) is 3.67. The first-order chi connectivity index (χ1) is 9.18. The minimum atomic E-state index is 0.204. The van der Waals surface area contributed by atoms with E-state index >= 15 is 0 Å². The first kappa shape index (κ1) is 13.8.